The van der Waals surface area contributed by atoms with E-state index >= 15 is 0 Å². The second kappa shape index (κ2) is 22.4. The van der Waals surface area contributed by atoms with Crippen LogP contribution in [0.1, 0.15) is 92.4 Å². The van der Waals surface area contributed by atoms with Crippen LogP contribution in [0, 0.1) is 52.3 Å². The van der Waals surface area contributed by atoms with Gasteiger partial charge in [0.2, 0.25) is 0 Å². The minimum absolute atomic E-state index is 0.0349. The second-order valence-electron chi connectivity index (χ2n) is 24.7. The summed E-state index contributed by atoms with van der Waals surface area (Å²) in [7, 11) is 0. The van der Waals surface area contributed by atoms with E-state index in [-0.39, 0.29) is 41.0 Å². The molecule has 4 saturated carbocycles. The number of ether oxygens (including phenoxy) is 10. The van der Waals surface area contributed by atoms with Crippen molar-refractivity contribution in [2.45, 2.75) is 233 Å². The van der Waals surface area contributed by atoms with Crippen LogP contribution in [0.3, 0.4) is 0 Å². The Morgan fingerprint density at radius 2 is 1.22 bits per heavy atom. The lowest BCUT2D eigenvalue weighted by molar-refractivity contribution is -0.404. The standard InChI is InChI=1S/C52H85NO23/c1-20-12-33(68-22(3)57)52(53-15-20)21(2)34-29(76-52)14-27-25-7-6-23-13-24(8-10-50(23,4)26(25)9-11-51(27,34)5)69-47-42(66)39(63)43(32(18-56)72-47)73-49-45(75-48-41(65)38(62)36(60)30(16-54)70-48)44(37(61)31(17-55)71-49)74-46-40(64)35(59)28(58)19-67-46/h20-21,23-49,53-56,58-66H,6-19H2,1-5H3/t20-,21-,23-,24-,25+,26-,27-,28+,29-,30+,31+,32+,33-,34-,35-,36+,37+,38-,39+,40+,41+,42+,43-,44-,45+,46-,47+,48-,49+,50-,51-,52+/m0/s1. The molecule has 13 N–H and O–H groups in total. The van der Waals surface area contributed by atoms with Gasteiger partial charge in [-0.15, -0.1) is 0 Å². The number of aliphatic hydroxyl groups excluding tert-OH is 12. The van der Waals surface area contributed by atoms with Gasteiger partial charge in [-0.1, -0.05) is 27.7 Å². The van der Waals surface area contributed by atoms with E-state index in [1.807, 2.05) is 0 Å². The Morgan fingerprint density at radius 3 is 1.93 bits per heavy atom. The smallest absolute Gasteiger partial charge is 0.303 e. The van der Waals surface area contributed by atoms with Crippen LogP contribution in [0.2, 0.25) is 0 Å². The predicted molar refractivity (Wildman–Crippen MR) is 255 cm³/mol. The summed E-state index contributed by atoms with van der Waals surface area (Å²) in [5.41, 5.74) is -0.582. The van der Waals surface area contributed by atoms with Gasteiger partial charge in [0, 0.05) is 19.4 Å². The van der Waals surface area contributed by atoms with E-state index in [0.29, 0.717) is 48.3 Å². The van der Waals surface area contributed by atoms with Gasteiger partial charge in [-0.2, -0.15) is 0 Å². The third-order valence-corrected chi connectivity index (χ3v) is 20.5. The Labute approximate surface area is 442 Å². The number of aliphatic hydroxyl groups is 12. The Kier molecular flexibility index (Phi) is 17.0. The fourth-order valence-corrected chi connectivity index (χ4v) is 16.5. The summed E-state index contributed by atoms with van der Waals surface area (Å²) in [6, 6.07) is 0. The topological polar surface area (TPSA) is 364 Å². The number of nitrogens with one attached hydrogen (secondary N) is 1. The van der Waals surface area contributed by atoms with E-state index < -0.39 is 149 Å². The van der Waals surface area contributed by atoms with Crippen LogP contribution in [0.4, 0.5) is 0 Å². The molecule has 0 aromatic heterocycles. The molecule has 436 valence electrons. The first-order chi connectivity index (χ1) is 36.1. The molecular formula is C52H85NO23. The summed E-state index contributed by atoms with van der Waals surface area (Å²) >= 11 is 0. The van der Waals surface area contributed by atoms with E-state index in [2.05, 4.69) is 33.0 Å². The van der Waals surface area contributed by atoms with Gasteiger partial charge in [-0.3, -0.25) is 10.1 Å². The molecule has 0 aromatic carbocycles. The zero-order chi connectivity index (χ0) is 54.5. The molecule has 0 amide bonds. The van der Waals surface area contributed by atoms with Crippen LogP contribution < -0.4 is 5.32 Å². The van der Waals surface area contributed by atoms with Crippen molar-refractivity contribution >= 4 is 5.97 Å². The van der Waals surface area contributed by atoms with Crippen molar-refractivity contribution in [3.8, 4) is 0 Å². The molecule has 0 bridgehead atoms. The third kappa shape index (κ3) is 9.93. The highest BCUT2D eigenvalue weighted by molar-refractivity contribution is 5.66. The SMILES string of the molecule is CC(=O)O[C@H]1C[C@H](C)CN[C@]12O[C@H]1C[C@H]3[C@@H]4CC[C@H]5C[C@@H](O[C@@H]6O[C@H](CO)[C@H](O[C@H]7O[C@H](CO)[C@@H](O)[C@H](O[C@@H]8OC[C@@H](O)[C@H](O)[C@H]8O)[C@H]7O[C@@H]7O[C@H](CO)[C@@H](O)[C@H](O)[C@H]7O)[C@H](O)[C@H]6O)CC[C@]5(C)[C@H]4CC[C@]3(C)[C@H]1[C@@H]2C. The van der Waals surface area contributed by atoms with E-state index in [1.165, 1.54) is 6.92 Å². The summed E-state index contributed by atoms with van der Waals surface area (Å²) in [5.74, 6) is 2.40. The van der Waals surface area contributed by atoms with Gasteiger partial charge in [-0.25, -0.2) is 0 Å². The molecule has 24 nitrogen and oxygen atoms in total. The fraction of sp³-hybridized carbons (Fsp3) is 0.981. The van der Waals surface area contributed by atoms with Gasteiger partial charge in [0.15, 0.2) is 30.9 Å². The van der Waals surface area contributed by atoms with E-state index in [0.717, 1.165) is 51.5 Å². The normalized spacial score (nSPS) is 56.3. The monoisotopic (exact) mass is 1090 g/mol. The average molecular weight is 1090 g/mol. The molecule has 10 aliphatic rings. The highest BCUT2D eigenvalue weighted by Gasteiger charge is 2.71. The van der Waals surface area contributed by atoms with Crippen molar-refractivity contribution in [2.24, 2.45) is 52.3 Å². The number of carbonyl (C=O) groups excluding carboxylic acids is 1. The number of hydrogen-bond acceptors (Lipinski definition) is 24. The molecule has 6 aliphatic heterocycles. The van der Waals surface area contributed by atoms with Crippen LogP contribution >= 0.6 is 0 Å². The third-order valence-electron chi connectivity index (χ3n) is 20.5. The molecule has 0 unspecified atom stereocenters. The number of hydrogen-bond donors (Lipinski definition) is 13. The molecule has 10 fully saturated rings. The molecule has 1 spiro atoms. The number of esters is 1. The van der Waals surface area contributed by atoms with Gasteiger partial charge in [-0.05, 0) is 104 Å². The van der Waals surface area contributed by atoms with E-state index in [9.17, 15) is 66.1 Å². The van der Waals surface area contributed by atoms with Gasteiger partial charge in [0.1, 0.15) is 97.7 Å². The quantitative estimate of drug-likeness (QED) is 0.0678. The maximum atomic E-state index is 12.3. The Hall–Kier alpha value is -1.41. The van der Waals surface area contributed by atoms with E-state index in [1.54, 1.807) is 0 Å². The number of carbonyl (C=O) groups is 1. The lowest BCUT2D eigenvalue weighted by atomic mass is 9.44. The maximum absolute atomic E-state index is 12.3. The van der Waals surface area contributed by atoms with Crippen LogP contribution in [0.5, 0.6) is 0 Å². The molecule has 6 heterocycles. The summed E-state index contributed by atoms with van der Waals surface area (Å²) in [6.07, 6.45) is -25.5. The van der Waals surface area contributed by atoms with Gasteiger partial charge in [0.25, 0.3) is 0 Å². The van der Waals surface area contributed by atoms with Crippen LogP contribution in [0.15, 0.2) is 0 Å². The first-order valence-corrected chi connectivity index (χ1v) is 27.8. The van der Waals surface area contributed by atoms with Crippen LogP contribution in [-0.4, -0.2) is 241 Å². The van der Waals surface area contributed by atoms with Crippen molar-refractivity contribution < 1.29 is 113 Å². The van der Waals surface area contributed by atoms with Gasteiger partial charge >= 0.3 is 5.97 Å². The Bertz CT molecular complexity index is 1990. The lowest BCUT2D eigenvalue weighted by Gasteiger charge is -2.61. The molecular weight excluding hydrogens is 1010 g/mol. The zero-order valence-electron chi connectivity index (χ0n) is 44.0. The predicted octanol–water partition coefficient (Wildman–Crippen LogP) is -3.16. The lowest BCUT2D eigenvalue weighted by Crippen LogP contribution is -2.68. The van der Waals surface area contributed by atoms with Gasteiger partial charge in [0.05, 0.1) is 38.6 Å². The van der Waals surface area contributed by atoms with Crippen molar-refractivity contribution in [1.82, 2.24) is 5.32 Å². The summed E-state index contributed by atoms with van der Waals surface area (Å²) in [6.45, 7) is 8.66. The molecule has 4 aliphatic carbocycles. The van der Waals surface area contributed by atoms with Crippen molar-refractivity contribution in [1.29, 1.82) is 0 Å². The summed E-state index contributed by atoms with van der Waals surface area (Å²) < 4.78 is 61.0. The molecule has 0 aromatic rings. The number of fused-ring (bicyclic) bond motifs is 7. The minimum atomic E-state index is -2.01. The first-order valence-electron chi connectivity index (χ1n) is 27.8. The number of rotatable bonds is 12. The first kappa shape index (κ1) is 57.8. The van der Waals surface area contributed by atoms with Crippen molar-refractivity contribution in [3.05, 3.63) is 0 Å². The number of piperidine rings is 1. The van der Waals surface area contributed by atoms with Crippen molar-refractivity contribution in [3.63, 3.8) is 0 Å². The van der Waals surface area contributed by atoms with Gasteiger partial charge < -0.3 is 109 Å². The largest absolute Gasteiger partial charge is 0.458 e. The minimum Gasteiger partial charge on any atom is -0.458 e. The Morgan fingerprint density at radius 1 is 0.605 bits per heavy atom. The molecule has 0 radical (unpaired) electrons. The molecule has 76 heavy (non-hydrogen) atoms. The molecule has 10 rings (SSSR count). The van der Waals surface area contributed by atoms with Crippen molar-refractivity contribution in [2.75, 3.05) is 33.0 Å². The summed E-state index contributed by atoms with van der Waals surface area (Å²) in [4.78, 5) is 12.3. The molecule has 24 heteroatoms. The molecule has 32 atom stereocenters. The summed E-state index contributed by atoms with van der Waals surface area (Å²) in [5, 5.41) is 133. The van der Waals surface area contributed by atoms with Crippen LogP contribution in [0.25, 0.3) is 0 Å². The average Bonchev–Trinajstić information content (AvgIpc) is 4.05. The van der Waals surface area contributed by atoms with Crippen LogP contribution in [-0.2, 0) is 52.2 Å². The second-order valence-corrected chi connectivity index (χ2v) is 24.7. The zero-order valence-corrected chi connectivity index (χ0v) is 44.0. The highest BCUT2D eigenvalue weighted by atomic mass is 16.8. The maximum Gasteiger partial charge on any atom is 0.303 e. The molecule has 6 saturated heterocycles. The highest BCUT2D eigenvalue weighted by Crippen LogP contribution is 2.71. The van der Waals surface area contributed by atoms with E-state index in [4.69, 9.17) is 47.4 Å². The fourth-order valence-electron chi connectivity index (χ4n) is 16.5. The Balaban J connectivity index is 0.809.